The first-order valence-electron chi connectivity index (χ1n) is 9.30. The summed E-state index contributed by atoms with van der Waals surface area (Å²) in [6, 6.07) is 9.47. The number of ether oxygens (including phenoxy) is 2. The summed E-state index contributed by atoms with van der Waals surface area (Å²) in [7, 11) is 0. The lowest BCUT2D eigenvalue weighted by Gasteiger charge is -2.41. The van der Waals surface area contributed by atoms with E-state index in [1.807, 2.05) is 11.3 Å². The van der Waals surface area contributed by atoms with E-state index >= 15 is 0 Å². The number of benzene rings is 1. The van der Waals surface area contributed by atoms with Gasteiger partial charge in [0, 0.05) is 23.8 Å². The van der Waals surface area contributed by atoms with E-state index in [2.05, 4.69) is 34.5 Å². The molecule has 0 unspecified atom stereocenters. The zero-order valence-corrected chi connectivity index (χ0v) is 16.3. The van der Waals surface area contributed by atoms with Crippen LogP contribution in [-0.4, -0.2) is 50.0 Å². The molecule has 0 radical (unpaired) electrons. The summed E-state index contributed by atoms with van der Waals surface area (Å²) in [5, 5.41) is 3.59. The van der Waals surface area contributed by atoms with Gasteiger partial charge in [-0.25, -0.2) is 0 Å². The Bertz CT molecular complexity index is 656. The fraction of sp³-hybridized carbons (Fsp3) is 0.600. The number of thiophene rings is 1. The second-order valence-electron chi connectivity index (χ2n) is 6.91. The Balaban J connectivity index is 0.00000182. The summed E-state index contributed by atoms with van der Waals surface area (Å²) >= 11 is 1.82. The van der Waals surface area contributed by atoms with E-state index in [4.69, 9.17) is 9.47 Å². The van der Waals surface area contributed by atoms with E-state index < -0.39 is 0 Å². The van der Waals surface area contributed by atoms with Gasteiger partial charge in [-0.3, -0.25) is 4.90 Å². The number of hydrogen-bond donors (Lipinski definition) is 0. The second-order valence-corrected chi connectivity index (χ2v) is 7.86. The van der Waals surface area contributed by atoms with Gasteiger partial charge in [0.15, 0.2) is 0 Å². The van der Waals surface area contributed by atoms with Crippen LogP contribution in [0.3, 0.4) is 0 Å². The molecule has 2 aromatic rings. The zero-order valence-electron chi connectivity index (χ0n) is 14.7. The van der Waals surface area contributed by atoms with E-state index in [1.165, 1.54) is 41.3 Å². The fourth-order valence-corrected chi connectivity index (χ4v) is 5.03. The molecule has 2 fully saturated rings. The van der Waals surface area contributed by atoms with E-state index in [0.29, 0.717) is 12.1 Å². The number of fused-ring (bicyclic) bond motifs is 1. The average Bonchev–Trinajstić information content (AvgIpc) is 3.12. The molecule has 4 rings (SSSR count). The van der Waals surface area contributed by atoms with Crippen LogP contribution >= 0.6 is 23.7 Å². The third-order valence-corrected chi connectivity index (χ3v) is 6.35. The van der Waals surface area contributed by atoms with Crippen LogP contribution in [0.2, 0.25) is 0 Å². The van der Waals surface area contributed by atoms with Gasteiger partial charge in [-0.2, -0.15) is 0 Å². The number of nitrogens with zero attached hydrogens (tertiary/aromatic N) is 1. The minimum Gasteiger partial charge on any atom is -0.379 e. The van der Waals surface area contributed by atoms with Gasteiger partial charge < -0.3 is 9.47 Å². The van der Waals surface area contributed by atoms with Crippen LogP contribution in [0.15, 0.2) is 29.6 Å². The summed E-state index contributed by atoms with van der Waals surface area (Å²) in [6.45, 7) is 4.73. The molecule has 1 aromatic heterocycles. The van der Waals surface area contributed by atoms with Crippen molar-refractivity contribution in [3.63, 3.8) is 0 Å². The van der Waals surface area contributed by atoms with Crippen LogP contribution in [0.1, 0.15) is 31.2 Å². The van der Waals surface area contributed by atoms with Gasteiger partial charge in [-0.1, -0.05) is 25.0 Å². The maximum Gasteiger partial charge on any atom is 0.0730 e. The van der Waals surface area contributed by atoms with Gasteiger partial charge >= 0.3 is 0 Å². The molecule has 1 aliphatic carbocycles. The molecule has 2 atom stereocenters. The summed E-state index contributed by atoms with van der Waals surface area (Å²) in [5.41, 5.74) is 1.42. The molecule has 1 saturated heterocycles. The molecule has 0 spiro atoms. The van der Waals surface area contributed by atoms with Gasteiger partial charge in [-0.05, 0) is 47.7 Å². The molecule has 1 aromatic carbocycles. The maximum atomic E-state index is 6.40. The Labute approximate surface area is 160 Å². The molecular formula is C20H28ClNO2S. The van der Waals surface area contributed by atoms with Gasteiger partial charge in [0.05, 0.1) is 25.9 Å². The predicted molar refractivity (Wildman–Crippen MR) is 107 cm³/mol. The summed E-state index contributed by atoms with van der Waals surface area (Å²) < 4.78 is 13.3. The van der Waals surface area contributed by atoms with E-state index in [0.717, 1.165) is 39.3 Å². The van der Waals surface area contributed by atoms with Crippen molar-refractivity contribution in [2.75, 3.05) is 32.9 Å². The predicted octanol–water partition coefficient (Wildman–Crippen LogP) is 4.53. The van der Waals surface area contributed by atoms with Gasteiger partial charge in [0.25, 0.3) is 0 Å². The molecule has 1 saturated carbocycles. The minimum absolute atomic E-state index is 0. The van der Waals surface area contributed by atoms with Crippen molar-refractivity contribution in [2.45, 2.75) is 44.2 Å². The standard InChI is InChI=1S/C20H27NO2S.ClH/c1-2-6-19(18(5-1)21-10-13-22-14-11-21)23-12-8-16-4-3-7-20-17(16)9-15-24-20;/h3-4,7,9,15,18-19H,1-2,5-6,8,10-14H2;1H/t18-,19-;/m1./s1. The Kier molecular flexibility index (Phi) is 7.14. The molecule has 1 aliphatic heterocycles. The Hall–Kier alpha value is -0.650. The number of rotatable bonds is 5. The molecular weight excluding hydrogens is 354 g/mol. The van der Waals surface area contributed by atoms with Crippen molar-refractivity contribution in [3.8, 4) is 0 Å². The molecule has 5 heteroatoms. The maximum absolute atomic E-state index is 6.40. The molecule has 0 bridgehead atoms. The molecule has 25 heavy (non-hydrogen) atoms. The van der Waals surface area contributed by atoms with Crippen LogP contribution in [-0.2, 0) is 15.9 Å². The van der Waals surface area contributed by atoms with E-state index in [-0.39, 0.29) is 12.4 Å². The monoisotopic (exact) mass is 381 g/mol. The molecule has 0 amide bonds. The van der Waals surface area contributed by atoms with Crippen LogP contribution in [0, 0.1) is 0 Å². The third kappa shape index (κ3) is 4.55. The highest BCUT2D eigenvalue weighted by atomic mass is 35.5. The Morgan fingerprint density at radius 3 is 2.84 bits per heavy atom. The van der Waals surface area contributed by atoms with Crippen LogP contribution < -0.4 is 0 Å². The first-order valence-corrected chi connectivity index (χ1v) is 10.2. The van der Waals surface area contributed by atoms with E-state index in [9.17, 15) is 0 Å². The van der Waals surface area contributed by atoms with Crippen LogP contribution in [0.25, 0.3) is 10.1 Å². The molecule has 3 nitrogen and oxygen atoms in total. The smallest absolute Gasteiger partial charge is 0.0730 e. The van der Waals surface area contributed by atoms with Crippen molar-refractivity contribution in [2.24, 2.45) is 0 Å². The number of hydrogen-bond acceptors (Lipinski definition) is 4. The highest BCUT2D eigenvalue weighted by Gasteiger charge is 2.31. The molecule has 0 N–H and O–H groups in total. The molecule has 2 heterocycles. The molecule has 138 valence electrons. The summed E-state index contributed by atoms with van der Waals surface area (Å²) in [6.07, 6.45) is 6.57. The highest BCUT2D eigenvalue weighted by molar-refractivity contribution is 7.17. The second kappa shape index (κ2) is 9.33. The first-order chi connectivity index (χ1) is 11.9. The first kappa shape index (κ1) is 19.1. The van der Waals surface area contributed by atoms with Crippen molar-refractivity contribution >= 4 is 33.8 Å². The number of halogens is 1. The van der Waals surface area contributed by atoms with Crippen LogP contribution in [0.5, 0.6) is 0 Å². The lowest BCUT2D eigenvalue weighted by atomic mass is 9.91. The largest absolute Gasteiger partial charge is 0.379 e. The lowest BCUT2D eigenvalue weighted by molar-refractivity contribution is -0.0647. The Morgan fingerprint density at radius 2 is 1.96 bits per heavy atom. The fourth-order valence-electron chi connectivity index (χ4n) is 4.19. The zero-order chi connectivity index (χ0) is 16.2. The van der Waals surface area contributed by atoms with Crippen molar-refractivity contribution in [1.29, 1.82) is 0 Å². The lowest BCUT2D eigenvalue weighted by Crippen LogP contribution is -2.51. The van der Waals surface area contributed by atoms with Crippen LogP contribution in [0.4, 0.5) is 0 Å². The van der Waals surface area contributed by atoms with Gasteiger partial charge in [-0.15, -0.1) is 23.7 Å². The van der Waals surface area contributed by atoms with Gasteiger partial charge in [0.2, 0.25) is 0 Å². The normalized spacial score (nSPS) is 25.0. The van der Waals surface area contributed by atoms with Crippen molar-refractivity contribution in [1.82, 2.24) is 4.90 Å². The number of morpholine rings is 1. The van der Waals surface area contributed by atoms with Gasteiger partial charge in [0.1, 0.15) is 0 Å². The minimum atomic E-state index is 0. The highest BCUT2D eigenvalue weighted by Crippen LogP contribution is 2.28. The average molecular weight is 382 g/mol. The Morgan fingerprint density at radius 1 is 1.12 bits per heavy atom. The third-order valence-electron chi connectivity index (χ3n) is 5.47. The quantitative estimate of drug-likeness (QED) is 0.759. The van der Waals surface area contributed by atoms with E-state index in [1.54, 1.807) is 0 Å². The summed E-state index contributed by atoms with van der Waals surface area (Å²) in [5.74, 6) is 0. The SMILES string of the molecule is Cl.c1cc(CCO[C@@H]2CCCC[C@H]2N2CCOCC2)c2ccsc2c1. The van der Waals surface area contributed by atoms with Crippen molar-refractivity contribution < 1.29 is 9.47 Å². The topological polar surface area (TPSA) is 21.7 Å². The molecule has 2 aliphatic rings. The summed E-state index contributed by atoms with van der Waals surface area (Å²) in [4.78, 5) is 2.60. The van der Waals surface area contributed by atoms with Crippen molar-refractivity contribution in [3.05, 3.63) is 35.2 Å².